The van der Waals surface area contributed by atoms with Crippen LogP contribution in [0.1, 0.15) is 37.1 Å². The van der Waals surface area contributed by atoms with Crippen molar-refractivity contribution in [2.45, 2.75) is 49.5 Å². The number of rotatable bonds is 6. The van der Waals surface area contributed by atoms with E-state index in [2.05, 4.69) is 4.94 Å². The third kappa shape index (κ3) is 45.7. The second-order valence-corrected chi connectivity index (χ2v) is 3.13. The minimum atomic E-state index is -5.11. The van der Waals surface area contributed by atoms with Gasteiger partial charge >= 0.3 is 6.18 Å². The van der Waals surface area contributed by atoms with Gasteiger partial charge in [0, 0.05) is 5.92 Å². The fourth-order valence-electron chi connectivity index (χ4n) is 0.893. The van der Waals surface area contributed by atoms with Crippen LogP contribution in [0.25, 0.3) is 0 Å². The predicted octanol–water partition coefficient (Wildman–Crippen LogP) is 9.08. The highest BCUT2D eigenvalue weighted by Gasteiger charge is 2.48. The van der Waals surface area contributed by atoms with Gasteiger partial charge in [-0.15, -0.1) is 0 Å². The Morgan fingerprint density at radius 1 is 0.667 bits per heavy atom. The lowest BCUT2D eigenvalue weighted by Crippen LogP contribution is -2.39. The lowest BCUT2D eigenvalue weighted by atomic mass is 9.94. The van der Waals surface area contributed by atoms with Crippen LogP contribution in [0, 0.1) is 11.8 Å². The van der Waals surface area contributed by atoms with Crippen molar-refractivity contribution in [3.8, 4) is 0 Å². The number of halogens is 13. The van der Waals surface area contributed by atoms with Crippen LogP contribution in [0.3, 0.4) is 0 Å². The molecule has 0 aliphatic carbocycles. The van der Waals surface area contributed by atoms with Gasteiger partial charge in [-0.05, 0) is 4.53 Å². The van der Waals surface area contributed by atoms with Gasteiger partial charge in [-0.2, -0.15) is 18.1 Å². The molecule has 1 nitrogen and oxygen atoms in total. The molecule has 0 spiro atoms. The smallest absolute Gasteiger partial charge is 0.255 e. The zero-order chi connectivity index (χ0) is 21.5. The largest absolute Gasteiger partial charge is 0.397 e. The van der Waals surface area contributed by atoms with Crippen LogP contribution in [0.5, 0.6) is 0 Å². The molecule has 0 amide bonds. The minimum absolute atomic E-state index is 0. The van der Waals surface area contributed by atoms with E-state index < -0.39 is 58.0 Å². The number of hydrogen-bond acceptors (Lipinski definition) is 1. The zero-order valence-corrected chi connectivity index (χ0v) is 13.1. The van der Waals surface area contributed by atoms with Crippen molar-refractivity contribution >= 4 is 0 Å². The van der Waals surface area contributed by atoms with E-state index in [1.165, 1.54) is 0 Å². The Labute approximate surface area is 172 Å². The summed E-state index contributed by atoms with van der Waals surface area (Å²) in [6.07, 6.45) is -7.99. The summed E-state index contributed by atoms with van der Waals surface area (Å²) in [4.78, 5) is 2.38. The molecule has 0 rings (SSSR count). The van der Waals surface area contributed by atoms with Crippen LogP contribution < -0.4 is 0 Å². The van der Waals surface area contributed by atoms with Gasteiger partial charge in [-0.1, -0.05) is 37.1 Å². The van der Waals surface area contributed by atoms with E-state index in [1.54, 1.807) is 0 Å². The van der Waals surface area contributed by atoms with Crippen molar-refractivity contribution in [3.05, 3.63) is 0 Å². The van der Waals surface area contributed by atoms with E-state index in [0.717, 1.165) is 0 Å². The van der Waals surface area contributed by atoms with Gasteiger partial charge in [0.05, 0.1) is 27.7 Å². The SMILES string of the molecule is C.C.C.C.C.CF.CF.FCC(CF)C(F)C(CF)C(F)(F)F.FCF.FCOF. The normalized spacial score (nSPS) is 10.0. The van der Waals surface area contributed by atoms with Crippen LogP contribution in [-0.2, 0) is 4.94 Å². The highest BCUT2D eigenvalue weighted by atomic mass is 19.4. The maximum Gasteiger partial charge on any atom is 0.397 e. The van der Waals surface area contributed by atoms with Crippen LogP contribution in [0.15, 0.2) is 0 Å². The first-order valence-electron chi connectivity index (χ1n) is 5.77. The average molecular weight is 494 g/mol. The van der Waals surface area contributed by atoms with E-state index in [1.807, 2.05) is 0 Å². The Morgan fingerprint density at radius 3 is 1.00 bits per heavy atom. The quantitative estimate of drug-likeness (QED) is 0.335. The monoisotopic (exact) mass is 494 g/mol. The molecule has 0 aromatic rings. The van der Waals surface area contributed by atoms with E-state index >= 15 is 0 Å². The van der Waals surface area contributed by atoms with Crippen molar-refractivity contribution in [1.29, 1.82) is 0 Å². The molecular formula is C16H39F13O. The summed E-state index contributed by atoms with van der Waals surface area (Å²) >= 11 is 0. The third-order valence-corrected chi connectivity index (χ3v) is 1.86. The molecule has 14 heteroatoms. The molecule has 0 aromatic carbocycles. The first-order valence-corrected chi connectivity index (χ1v) is 5.77. The molecule has 200 valence electrons. The van der Waals surface area contributed by atoms with Gasteiger partial charge in [-0.25, -0.2) is 17.6 Å². The van der Waals surface area contributed by atoms with E-state index in [-0.39, 0.29) is 37.1 Å². The summed E-state index contributed by atoms with van der Waals surface area (Å²) < 4.78 is 142. The molecule has 0 bridgehead atoms. The molecule has 0 heterocycles. The molecular weight excluding hydrogens is 455 g/mol. The average Bonchev–Trinajstić information content (AvgIpc) is 2.60. The fraction of sp³-hybridized carbons (Fsp3) is 1.00. The molecule has 0 aliphatic heterocycles. The molecule has 0 fully saturated rings. The molecule has 0 radical (unpaired) electrons. The van der Waals surface area contributed by atoms with Crippen molar-refractivity contribution in [3.63, 3.8) is 0 Å². The molecule has 0 aromatic heterocycles. The van der Waals surface area contributed by atoms with Gasteiger partial charge in [0.15, 0.2) is 0 Å². The van der Waals surface area contributed by atoms with Crippen LogP contribution in [0.2, 0.25) is 0 Å². The van der Waals surface area contributed by atoms with Gasteiger partial charge < -0.3 is 0 Å². The Balaban J connectivity index is -0.0000000268. The molecule has 2 unspecified atom stereocenters. The molecule has 0 saturated carbocycles. The summed E-state index contributed by atoms with van der Waals surface area (Å²) in [5.74, 6) is -4.99. The Bertz CT molecular complexity index is 204. The molecule has 0 aliphatic rings. The van der Waals surface area contributed by atoms with Crippen molar-refractivity contribution in [1.82, 2.24) is 0 Å². The van der Waals surface area contributed by atoms with Crippen LogP contribution >= 0.6 is 0 Å². The summed E-state index contributed by atoms with van der Waals surface area (Å²) in [5, 5.41) is 0. The maximum atomic E-state index is 12.8. The first kappa shape index (κ1) is 63.0. The van der Waals surface area contributed by atoms with Crippen molar-refractivity contribution < 1.29 is 62.2 Å². The van der Waals surface area contributed by atoms with Gasteiger partial charge in [0.25, 0.3) is 0 Å². The third-order valence-electron chi connectivity index (χ3n) is 1.86. The van der Waals surface area contributed by atoms with Crippen LogP contribution in [-0.4, -0.2) is 60.5 Å². The lowest BCUT2D eigenvalue weighted by Gasteiger charge is -2.24. The topological polar surface area (TPSA) is 9.23 Å². The molecule has 2 atom stereocenters. The minimum Gasteiger partial charge on any atom is -0.255 e. The van der Waals surface area contributed by atoms with Gasteiger partial charge in [-0.3, -0.25) is 22.0 Å². The summed E-state index contributed by atoms with van der Waals surface area (Å²) in [6.45, 7) is -8.27. The molecule has 0 saturated heterocycles. The van der Waals surface area contributed by atoms with E-state index in [9.17, 15) is 57.2 Å². The first-order chi connectivity index (χ1) is 11.7. The highest BCUT2D eigenvalue weighted by Crippen LogP contribution is 2.34. The standard InChI is InChI=1S/C7H9F7.CH2F2O.CH2F2.2CH3F.5CH4/c8-1-4(2-9)6(11)5(3-10)7(12,13)14;2-1-4-3;2-1-3;2*1-2;;;;;/h4-6H,1-3H2;1H2;1H2;2*1H3;5*1H4. The predicted molar refractivity (Wildman–Crippen MR) is 98.8 cm³/mol. The van der Waals surface area contributed by atoms with E-state index in [0.29, 0.717) is 14.4 Å². The van der Waals surface area contributed by atoms with Crippen molar-refractivity contribution in [2.24, 2.45) is 11.8 Å². The second-order valence-electron chi connectivity index (χ2n) is 3.13. The zero-order valence-electron chi connectivity index (χ0n) is 13.1. The lowest BCUT2D eigenvalue weighted by molar-refractivity contribution is -0.201. The molecule has 30 heavy (non-hydrogen) atoms. The molecule has 0 N–H and O–H groups in total. The Morgan fingerprint density at radius 2 is 0.900 bits per heavy atom. The summed E-state index contributed by atoms with van der Waals surface area (Å²) in [7, 11) is 1.00. The fourth-order valence-corrected chi connectivity index (χ4v) is 0.893. The second kappa shape index (κ2) is 51.1. The summed E-state index contributed by atoms with van der Waals surface area (Å²) in [5.41, 5.74) is 0. The van der Waals surface area contributed by atoms with Crippen molar-refractivity contribution in [2.75, 3.05) is 48.2 Å². The Kier molecular flexibility index (Phi) is 107. The summed E-state index contributed by atoms with van der Waals surface area (Å²) in [6, 6.07) is 0. The highest BCUT2D eigenvalue weighted by molar-refractivity contribution is 4.81. The number of hydrogen-bond donors (Lipinski definition) is 0. The van der Waals surface area contributed by atoms with Gasteiger partial charge in [0.1, 0.15) is 18.8 Å². The van der Waals surface area contributed by atoms with Crippen LogP contribution in [0.4, 0.5) is 57.2 Å². The van der Waals surface area contributed by atoms with E-state index in [4.69, 9.17) is 0 Å². The maximum absolute atomic E-state index is 12.8. The Hall–Kier alpha value is -0.950. The number of alkyl halides is 12. The van der Waals surface area contributed by atoms with Gasteiger partial charge in [0.2, 0.25) is 13.8 Å².